The van der Waals surface area contributed by atoms with Gasteiger partial charge in [0.05, 0.1) is 24.5 Å². The minimum atomic E-state index is -2.23. The SMILES string of the molecule is CO[C@H]1[C@@H](O[Si](C)(C)C(C)(C)C)[C@H](n2cnc3c(CC(=O)c4ccccc4)ncnc32)O[C@@H]1CCC(C)=O. The first-order chi connectivity index (χ1) is 17.9. The molecule has 1 aliphatic rings. The molecule has 0 radical (unpaired) electrons. The van der Waals surface area contributed by atoms with E-state index < -0.39 is 20.6 Å². The van der Waals surface area contributed by atoms with Crippen molar-refractivity contribution in [1.82, 2.24) is 19.5 Å². The predicted molar refractivity (Wildman–Crippen MR) is 146 cm³/mol. The Labute approximate surface area is 225 Å². The third kappa shape index (κ3) is 5.78. The van der Waals surface area contributed by atoms with Gasteiger partial charge in [0.1, 0.15) is 29.8 Å². The number of benzene rings is 1. The number of hydrogen-bond acceptors (Lipinski definition) is 8. The van der Waals surface area contributed by atoms with Gasteiger partial charge in [0.15, 0.2) is 26.0 Å². The molecule has 1 saturated heterocycles. The van der Waals surface area contributed by atoms with Crippen LogP contribution in [0.25, 0.3) is 11.2 Å². The standard InChI is InChI=1S/C28H38N4O5Si/c1-18(33)13-14-22-24(35-5)25(37-38(6,7)28(2,3)4)27(36-22)32-17-31-23-20(29-16-30-26(23)32)15-21(34)19-11-9-8-10-12-19/h8-12,16-17,22,24-25,27H,13-15H2,1-7H3/t22-,24-,25-,27-/m1/s1. The minimum absolute atomic E-state index is 0.0303. The second kappa shape index (κ2) is 11.1. The third-order valence-electron chi connectivity index (χ3n) is 7.71. The maximum atomic E-state index is 12.9. The zero-order valence-electron chi connectivity index (χ0n) is 23.3. The summed E-state index contributed by atoms with van der Waals surface area (Å²) in [6.45, 7) is 12.5. The molecule has 1 fully saturated rings. The largest absolute Gasteiger partial charge is 0.407 e. The summed E-state index contributed by atoms with van der Waals surface area (Å²) in [6, 6.07) is 9.14. The highest BCUT2D eigenvalue weighted by Gasteiger charge is 2.51. The summed E-state index contributed by atoms with van der Waals surface area (Å²) < 4.78 is 21.2. The lowest BCUT2D eigenvalue weighted by Crippen LogP contribution is -2.49. The lowest BCUT2D eigenvalue weighted by atomic mass is 10.0. The van der Waals surface area contributed by atoms with Crippen LogP contribution in [0, 0.1) is 0 Å². The van der Waals surface area contributed by atoms with Crippen molar-refractivity contribution in [1.29, 1.82) is 0 Å². The Balaban J connectivity index is 1.70. The number of carbonyl (C=O) groups excluding carboxylic acids is 2. The van der Waals surface area contributed by atoms with Crippen LogP contribution in [0.5, 0.6) is 0 Å². The van der Waals surface area contributed by atoms with E-state index in [9.17, 15) is 9.59 Å². The summed E-state index contributed by atoms with van der Waals surface area (Å²) in [6.07, 6.45) is 2.45. The zero-order valence-corrected chi connectivity index (χ0v) is 24.3. The molecule has 1 aromatic carbocycles. The Morgan fingerprint density at radius 1 is 1.08 bits per heavy atom. The first-order valence-electron chi connectivity index (χ1n) is 13.0. The summed E-state index contributed by atoms with van der Waals surface area (Å²) >= 11 is 0. The maximum absolute atomic E-state index is 12.9. The van der Waals surface area contributed by atoms with Crippen LogP contribution < -0.4 is 0 Å². The monoisotopic (exact) mass is 538 g/mol. The molecule has 0 bridgehead atoms. The van der Waals surface area contributed by atoms with Gasteiger partial charge in [0.2, 0.25) is 0 Å². The number of ether oxygens (including phenoxy) is 2. The van der Waals surface area contributed by atoms with Crippen molar-refractivity contribution in [2.75, 3.05) is 7.11 Å². The van der Waals surface area contributed by atoms with Gasteiger partial charge in [-0.15, -0.1) is 0 Å². The van der Waals surface area contributed by atoms with Crippen LogP contribution in [-0.4, -0.2) is 64.8 Å². The molecule has 0 saturated carbocycles. The summed E-state index contributed by atoms with van der Waals surface area (Å²) in [4.78, 5) is 38.2. The predicted octanol–water partition coefficient (Wildman–Crippen LogP) is 4.92. The molecular formula is C28H38N4O5Si. The van der Waals surface area contributed by atoms with E-state index >= 15 is 0 Å². The van der Waals surface area contributed by atoms with Crippen LogP contribution in [0.4, 0.5) is 0 Å². The lowest BCUT2D eigenvalue weighted by molar-refractivity contribution is -0.118. The highest BCUT2D eigenvalue weighted by molar-refractivity contribution is 6.74. The van der Waals surface area contributed by atoms with Crippen LogP contribution in [0.2, 0.25) is 18.1 Å². The van der Waals surface area contributed by atoms with Crippen LogP contribution in [-0.2, 0) is 25.1 Å². The number of carbonyl (C=O) groups is 2. The quantitative estimate of drug-likeness (QED) is 0.264. The highest BCUT2D eigenvalue weighted by atomic mass is 28.4. The van der Waals surface area contributed by atoms with Gasteiger partial charge in [0, 0.05) is 19.1 Å². The van der Waals surface area contributed by atoms with Gasteiger partial charge in [0.25, 0.3) is 0 Å². The van der Waals surface area contributed by atoms with E-state index in [-0.39, 0.29) is 35.2 Å². The molecule has 0 N–H and O–H groups in total. The van der Waals surface area contributed by atoms with Crippen molar-refractivity contribution in [3.05, 3.63) is 54.2 Å². The van der Waals surface area contributed by atoms with Gasteiger partial charge in [-0.1, -0.05) is 51.1 Å². The van der Waals surface area contributed by atoms with Gasteiger partial charge in [-0.2, -0.15) is 0 Å². The van der Waals surface area contributed by atoms with E-state index in [2.05, 4.69) is 48.8 Å². The first kappa shape index (κ1) is 28.2. The number of Topliss-reactive ketones (excluding diaryl/α,β-unsaturated/α-hetero) is 2. The Morgan fingerprint density at radius 3 is 2.42 bits per heavy atom. The average molecular weight is 539 g/mol. The second-order valence-corrected chi connectivity index (χ2v) is 16.2. The first-order valence-corrected chi connectivity index (χ1v) is 15.9. The molecule has 1 aliphatic heterocycles. The number of aromatic nitrogens is 4. The van der Waals surface area contributed by atoms with E-state index in [0.29, 0.717) is 35.3 Å². The fourth-order valence-corrected chi connectivity index (χ4v) is 5.82. The van der Waals surface area contributed by atoms with Crippen LogP contribution in [0.3, 0.4) is 0 Å². The molecule has 9 nitrogen and oxygen atoms in total. The third-order valence-corrected chi connectivity index (χ3v) is 12.2. The summed E-state index contributed by atoms with van der Waals surface area (Å²) in [5.74, 6) is 0.0578. The van der Waals surface area contributed by atoms with E-state index in [1.165, 1.54) is 6.33 Å². The molecule has 3 heterocycles. The number of fused-ring (bicyclic) bond motifs is 1. The van der Waals surface area contributed by atoms with Gasteiger partial charge in [-0.25, -0.2) is 15.0 Å². The molecule has 2 aromatic heterocycles. The van der Waals surface area contributed by atoms with Crippen LogP contribution >= 0.6 is 0 Å². The molecule has 38 heavy (non-hydrogen) atoms. The average Bonchev–Trinajstić information content (AvgIpc) is 3.43. The van der Waals surface area contributed by atoms with E-state index in [4.69, 9.17) is 13.9 Å². The molecule has 0 spiro atoms. The summed E-state index contributed by atoms with van der Waals surface area (Å²) in [5.41, 5.74) is 2.29. The lowest BCUT2D eigenvalue weighted by Gasteiger charge is -2.40. The number of ketones is 2. The number of rotatable bonds is 10. The molecule has 0 aliphatic carbocycles. The number of methoxy groups -OCH3 is 1. The molecule has 0 unspecified atom stereocenters. The van der Waals surface area contributed by atoms with Gasteiger partial charge in [-0.3, -0.25) is 9.36 Å². The molecule has 4 atom stereocenters. The van der Waals surface area contributed by atoms with Crippen LogP contribution in [0.1, 0.15) is 62.8 Å². The van der Waals surface area contributed by atoms with E-state index in [0.717, 1.165) is 0 Å². The number of hydrogen-bond donors (Lipinski definition) is 0. The Bertz CT molecular complexity index is 1290. The number of imidazole rings is 1. The van der Waals surface area contributed by atoms with Gasteiger partial charge >= 0.3 is 0 Å². The Kier molecular flexibility index (Phi) is 8.27. The normalized spacial score (nSPS) is 22.2. The molecule has 3 aromatic rings. The molecular weight excluding hydrogens is 500 g/mol. The van der Waals surface area contributed by atoms with Crippen molar-refractivity contribution in [2.45, 2.75) is 89.6 Å². The molecule has 0 amide bonds. The second-order valence-electron chi connectivity index (χ2n) is 11.5. The molecule has 10 heteroatoms. The zero-order chi connectivity index (χ0) is 27.7. The minimum Gasteiger partial charge on any atom is -0.407 e. The Hall–Kier alpha value is -2.79. The summed E-state index contributed by atoms with van der Waals surface area (Å²) in [7, 11) is -0.579. The number of nitrogens with zero attached hydrogens (tertiary/aromatic N) is 4. The van der Waals surface area contributed by atoms with Crippen molar-refractivity contribution < 1.29 is 23.5 Å². The maximum Gasteiger partial charge on any atom is 0.192 e. The van der Waals surface area contributed by atoms with E-state index in [1.807, 2.05) is 22.8 Å². The molecule has 4 rings (SSSR count). The van der Waals surface area contributed by atoms with E-state index in [1.54, 1.807) is 32.5 Å². The molecule has 204 valence electrons. The fourth-order valence-electron chi connectivity index (χ4n) is 4.53. The van der Waals surface area contributed by atoms with Gasteiger partial charge < -0.3 is 18.7 Å². The van der Waals surface area contributed by atoms with Crippen molar-refractivity contribution in [3.8, 4) is 0 Å². The van der Waals surface area contributed by atoms with Crippen molar-refractivity contribution >= 4 is 31.0 Å². The highest BCUT2D eigenvalue weighted by Crippen LogP contribution is 2.43. The smallest absolute Gasteiger partial charge is 0.192 e. The fraction of sp³-hybridized carbons (Fsp3) is 0.536. The van der Waals surface area contributed by atoms with Crippen molar-refractivity contribution in [3.63, 3.8) is 0 Å². The van der Waals surface area contributed by atoms with Crippen molar-refractivity contribution in [2.24, 2.45) is 0 Å². The Morgan fingerprint density at radius 2 is 1.79 bits per heavy atom. The topological polar surface area (TPSA) is 105 Å². The van der Waals surface area contributed by atoms with Crippen LogP contribution in [0.15, 0.2) is 43.0 Å². The summed E-state index contributed by atoms with van der Waals surface area (Å²) in [5, 5.41) is -0.0303. The van der Waals surface area contributed by atoms with Gasteiger partial charge in [-0.05, 0) is 31.5 Å².